The second kappa shape index (κ2) is 6.67. The summed E-state index contributed by atoms with van der Waals surface area (Å²) >= 11 is 0. The van der Waals surface area contributed by atoms with Crippen molar-refractivity contribution in [3.63, 3.8) is 0 Å². The van der Waals surface area contributed by atoms with E-state index in [2.05, 4.69) is 27.1 Å². The first kappa shape index (κ1) is 16.1. The van der Waals surface area contributed by atoms with Crippen LogP contribution in [0.25, 0.3) is 0 Å². The fourth-order valence-electron chi connectivity index (χ4n) is 2.54. The molecule has 2 rings (SSSR count). The lowest BCUT2D eigenvalue weighted by atomic mass is 10.1. The number of aromatic nitrogens is 2. The van der Waals surface area contributed by atoms with Crippen LogP contribution in [0.3, 0.4) is 0 Å². The summed E-state index contributed by atoms with van der Waals surface area (Å²) in [5.41, 5.74) is 0. The molecular weight excluding hydrogens is 290 g/mol. The van der Waals surface area contributed by atoms with Gasteiger partial charge in [0.15, 0.2) is 0 Å². The first-order valence-corrected chi connectivity index (χ1v) is 8.63. The molecule has 1 N–H and O–H groups in total. The van der Waals surface area contributed by atoms with Gasteiger partial charge in [-0.1, -0.05) is 6.92 Å². The van der Waals surface area contributed by atoms with Gasteiger partial charge in [0.05, 0.1) is 12.4 Å². The van der Waals surface area contributed by atoms with Gasteiger partial charge in [-0.15, -0.1) is 0 Å². The summed E-state index contributed by atoms with van der Waals surface area (Å²) in [6.45, 7) is 5.02. The quantitative estimate of drug-likeness (QED) is 0.859. The smallest absolute Gasteiger partial charge is 0.246 e. The predicted molar refractivity (Wildman–Crippen MR) is 81.7 cm³/mol. The van der Waals surface area contributed by atoms with Gasteiger partial charge in [-0.05, 0) is 32.5 Å². The molecule has 0 unspecified atom stereocenters. The maximum Gasteiger partial charge on any atom is 0.246 e. The highest BCUT2D eigenvalue weighted by molar-refractivity contribution is 7.89. The molecule has 0 aromatic carbocycles. The van der Waals surface area contributed by atoms with E-state index in [1.54, 1.807) is 14.1 Å². The summed E-state index contributed by atoms with van der Waals surface area (Å²) in [7, 11) is -0.188. The van der Waals surface area contributed by atoms with Crippen LogP contribution in [0, 0.1) is 0 Å². The highest BCUT2D eigenvalue weighted by atomic mass is 32.2. The lowest BCUT2D eigenvalue weighted by molar-refractivity contribution is 0.176. The zero-order valence-corrected chi connectivity index (χ0v) is 13.6. The summed E-state index contributed by atoms with van der Waals surface area (Å²) < 4.78 is 26.7. The van der Waals surface area contributed by atoms with Gasteiger partial charge in [0.2, 0.25) is 16.0 Å². The Morgan fingerprint density at radius 2 is 1.90 bits per heavy atom. The third-order valence-corrected chi connectivity index (χ3v) is 5.91. The summed E-state index contributed by atoms with van der Waals surface area (Å²) in [5.74, 6) is 0.410. The molecular formula is C13H23N5O2S. The van der Waals surface area contributed by atoms with Crippen molar-refractivity contribution in [2.45, 2.75) is 30.7 Å². The largest absolute Gasteiger partial charge is 0.357 e. The van der Waals surface area contributed by atoms with Crippen LogP contribution in [0.5, 0.6) is 0 Å². The average Bonchev–Trinajstić information content (AvgIpc) is 2.54. The Hall–Kier alpha value is -1.25. The van der Waals surface area contributed by atoms with Crippen molar-refractivity contribution in [2.24, 2.45) is 0 Å². The molecule has 2 heterocycles. The first-order chi connectivity index (χ1) is 9.98. The number of hydrogen-bond acceptors (Lipinski definition) is 6. The van der Waals surface area contributed by atoms with E-state index in [0.29, 0.717) is 5.95 Å². The molecule has 0 amide bonds. The molecule has 1 aromatic rings. The highest BCUT2D eigenvalue weighted by Crippen LogP contribution is 2.22. The molecule has 0 bridgehead atoms. The number of piperidine rings is 1. The Kier molecular flexibility index (Phi) is 5.13. The molecule has 0 atom stereocenters. The van der Waals surface area contributed by atoms with Crippen molar-refractivity contribution < 1.29 is 8.42 Å². The number of rotatable bonds is 5. The van der Waals surface area contributed by atoms with Gasteiger partial charge in [-0.2, -0.15) is 4.31 Å². The molecule has 21 heavy (non-hydrogen) atoms. The Balaban J connectivity index is 2.11. The second-order valence-corrected chi connectivity index (χ2v) is 7.18. The number of hydrogen-bond donors (Lipinski definition) is 1. The van der Waals surface area contributed by atoms with E-state index in [1.165, 1.54) is 16.7 Å². The van der Waals surface area contributed by atoms with Gasteiger partial charge in [-0.25, -0.2) is 18.4 Å². The summed E-state index contributed by atoms with van der Waals surface area (Å²) in [5, 5.41) is 2.77. The molecule has 1 saturated heterocycles. The van der Waals surface area contributed by atoms with Gasteiger partial charge in [0.1, 0.15) is 4.90 Å². The summed E-state index contributed by atoms with van der Waals surface area (Å²) in [6.07, 6.45) is 4.43. The lowest BCUT2D eigenvalue weighted by Gasteiger charge is -2.35. The number of nitrogens with zero attached hydrogens (tertiary/aromatic N) is 4. The monoisotopic (exact) mass is 313 g/mol. The van der Waals surface area contributed by atoms with Crippen LogP contribution in [0.15, 0.2) is 17.3 Å². The summed E-state index contributed by atoms with van der Waals surface area (Å²) in [6, 6.07) is 0.0433. The number of nitrogens with one attached hydrogen (secondary N) is 1. The van der Waals surface area contributed by atoms with Crippen molar-refractivity contribution in [3.05, 3.63) is 12.4 Å². The van der Waals surface area contributed by atoms with Crippen molar-refractivity contribution in [1.82, 2.24) is 19.2 Å². The SMILES string of the molecule is CCN1CCC(N(C)S(=O)(=O)c2cnc(NC)nc2)CC1. The normalized spacial score (nSPS) is 18.1. The van der Waals surface area contributed by atoms with Crippen molar-refractivity contribution in [2.75, 3.05) is 39.0 Å². The molecule has 0 spiro atoms. The maximum absolute atomic E-state index is 12.6. The molecule has 1 aromatic heterocycles. The van der Waals surface area contributed by atoms with E-state index >= 15 is 0 Å². The molecule has 7 nitrogen and oxygen atoms in total. The van der Waals surface area contributed by atoms with Crippen LogP contribution in [0.2, 0.25) is 0 Å². The molecule has 8 heteroatoms. The van der Waals surface area contributed by atoms with E-state index in [9.17, 15) is 8.42 Å². The number of anilines is 1. The minimum Gasteiger partial charge on any atom is -0.357 e. The number of likely N-dealkylation sites (tertiary alicyclic amines) is 1. The summed E-state index contributed by atoms with van der Waals surface area (Å²) in [4.78, 5) is 10.4. The molecule has 0 radical (unpaired) electrons. The predicted octanol–water partition coefficient (Wildman–Crippen LogP) is 0.623. The fourth-order valence-corrected chi connectivity index (χ4v) is 3.85. The molecule has 1 aliphatic rings. The number of sulfonamides is 1. The van der Waals surface area contributed by atoms with E-state index in [4.69, 9.17) is 0 Å². The van der Waals surface area contributed by atoms with Crippen LogP contribution in [0.4, 0.5) is 5.95 Å². The molecule has 0 aliphatic carbocycles. The highest BCUT2D eigenvalue weighted by Gasteiger charge is 2.30. The molecule has 1 fully saturated rings. The third kappa shape index (κ3) is 3.50. The fraction of sp³-hybridized carbons (Fsp3) is 0.692. The zero-order chi connectivity index (χ0) is 15.5. The van der Waals surface area contributed by atoms with E-state index in [-0.39, 0.29) is 10.9 Å². The Labute approximate surface area is 126 Å². The van der Waals surface area contributed by atoms with E-state index in [0.717, 1.165) is 32.5 Å². The zero-order valence-electron chi connectivity index (χ0n) is 12.8. The third-order valence-electron chi connectivity index (χ3n) is 4.05. The van der Waals surface area contributed by atoms with Crippen molar-refractivity contribution in [1.29, 1.82) is 0 Å². The molecule has 1 aliphatic heterocycles. The van der Waals surface area contributed by atoms with E-state index < -0.39 is 10.0 Å². The lowest BCUT2D eigenvalue weighted by Crippen LogP contribution is -2.45. The van der Waals surface area contributed by atoms with Crippen LogP contribution >= 0.6 is 0 Å². The van der Waals surface area contributed by atoms with Gasteiger partial charge in [0.25, 0.3) is 0 Å². The van der Waals surface area contributed by atoms with Crippen LogP contribution in [0.1, 0.15) is 19.8 Å². The van der Waals surface area contributed by atoms with Gasteiger partial charge in [-0.3, -0.25) is 0 Å². The average molecular weight is 313 g/mol. The second-order valence-electron chi connectivity index (χ2n) is 5.18. The minimum absolute atomic E-state index is 0.0433. The first-order valence-electron chi connectivity index (χ1n) is 7.19. The maximum atomic E-state index is 12.6. The Morgan fingerprint density at radius 1 is 1.33 bits per heavy atom. The molecule has 118 valence electrons. The Bertz CT molecular complexity index is 552. The van der Waals surface area contributed by atoms with Gasteiger partial charge < -0.3 is 10.2 Å². The molecule has 0 saturated carbocycles. The van der Waals surface area contributed by atoms with Gasteiger partial charge in [0, 0.05) is 20.1 Å². The van der Waals surface area contributed by atoms with Crippen molar-refractivity contribution in [3.8, 4) is 0 Å². The standard InChI is InChI=1S/C13H23N5O2S/c1-4-18-7-5-11(6-8-18)17(3)21(19,20)12-9-15-13(14-2)16-10-12/h9-11H,4-8H2,1-3H3,(H,14,15,16). The minimum atomic E-state index is -3.53. The van der Waals surface area contributed by atoms with E-state index in [1.807, 2.05) is 0 Å². The van der Waals surface area contributed by atoms with Crippen LogP contribution in [-0.4, -0.2) is 67.4 Å². The topological polar surface area (TPSA) is 78.4 Å². The Morgan fingerprint density at radius 3 is 2.38 bits per heavy atom. The van der Waals surface area contributed by atoms with Crippen LogP contribution < -0.4 is 5.32 Å². The van der Waals surface area contributed by atoms with Crippen molar-refractivity contribution >= 4 is 16.0 Å². The van der Waals surface area contributed by atoms with Gasteiger partial charge >= 0.3 is 0 Å². The van der Waals surface area contributed by atoms with Crippen LogP contribution in [-0.2, 0) is 10.0 Å².